The number of rotatable bonds is 4. The van der Waals surface area contributed by atoms with Gasteiger partial charge in [-0.15, -0.1) is 0 Å². The summed E-state index contributed by atoms with van der Waals surface area (Å²) >= 11 is 0. The van der Waals surface area contributed by atoms with Crippen LogP contribution in [0.15, 0.2) is 60.7 Å². The molecule has 0 fully saturated rings. The smallest absolute Gasteiger partial charge is 0.163 e. The quantitative estimate of drug-likeness (QED) is 0.353. The van der Waals surface area contributed by atoms with Crippen LogP contribution >= 0.6 is 0 Å². The molecule has 0 bridgehead atoms. The predicted octanol–water partition coefficient (Wildman–Crippen LogP) is 5.12. The van der Waals surface area contributed by atoms with E-state index < -0.39 is 0 Å². The number of ketones is 1. The molecule has 0 saturated heterocycles. The van der Waals surface area contributed by atoms with Gasteiger partial charge in [-0.25, -0.2) is 0 Å². The maximum Gasteiger partial charge on any atom is 0.163 e. The molecule has 0 unspecified atom stereocenters. The molecule has 0 aromatic heterocycles. The van der Waals surface area contributed by atoms with Crippen LogP contribution in [0, 0.1) is 0 Å². The highest BCUT2D eigenvalue weighted by molar-refractivity contribution is 6.03. The molecule has 0 aliphatic heterocycles. The van der Waals surface area contributed by atoms with Gasteiger partial charge in [-0.1, -0.05) is 30.3 Å². The number of Topliss-reactive ketones (excluding diaryl/α,β-unsaturated/α-hetero) is 1. The fourth-order valence-electron chi connectivity index (χ4n) is 3.30. The Balaban J connectivity index is 0.000000179. The lowest BCUT2D eigenvalue weighted by molar-refractivity contribution is 0.101. The predicted molar refractivity (Wildman–Crippen MR) is 120 cm³/mol. The molecule has 6 nitrogen and oxygen atoms in total. The number of aromatic hydroxyl groups is 2. The zero-order valence-electron chi connectivity index (χ0n) is 17.4. The number of methoxy groups -OCH3 is 2. The standard InChI is InChI=1S/C13H12O4.C12H10O2/c1-16-9-5-11-10(12(6-9)17-2)4-3-8(7-14)13(11)15;1-8(13)10-7-6-9-4-2-3-5-11(9)12(10)14/h3-7,15H,1-2H3;2-7,14H,1H3. The van der Waals surface area contributed by atoms with Crippen LogP contribution in [-0.4, -0.2) is 36.5 Å². The van der Waals surface area contributed by atoms with Crippen molar-refractivity contribution < 1.29 is 29.3 Å². The Labute approximate surface area is 179 Å². The van der Waals surface area contributed by atoms with Gasteiger partial charge in [0.2, 0.25) is 0 Å². The first-order chi connectivity index (χ1) is 14.9. The minimum absolute atomic E-state index is 0.0605. The molecule has 0 spiro atoms. The fraction of sp³-hybridized carbons (Fsp3) is 0.120. The Hall–Kier alpha value is -4.06. The normalized spacial score (nSPS) is 10.3. The number of hydrogen-bond donors (Lipinski definition) is 2. The minimum Gasteiger partial charge on any atom is -0.507 e. The van der Waals surface area contributed by atoms with E-state index in [9.17, 15) is 19.8 Å². The Kier molecular flexibility index (Phi) is 6.40. The molecule has 0 aliphatic carbocycles. The highest BCUT2D eigenvalue weighted by Crippen LogP contribution is 2.37. The van der Waals surface area contributed by atoms with E-state index in [4.69, 9.17) is 9.47 Å². The second kappa shape index (κ2) is 9.17. The van der Waals surface area contributed by atoms with E-state index in [0.29, 0.717) is 28.7 Å². The summed E-state index contributed by atoms with van der Waals surface area (Å²) in [6, 6.07) is 17.6. The summed E-state index contributed by atoms with van der Waals surface area (Å²) in [5, 5.41) is 22.7. The zero-order chi connectivity index (χ0) is 22.5. The average Bonchev–Trinajstić information content (AvgIpc) is 2.79. The van der Waals surface area contributed by atoms with Gasteiger partial charge in [0.25, 0.3) is 0 Å². The van der Waals surface area contributed by atoms with Gasteiger partial charge in [-0.05, 0) is 36.6 Å². The molecule has 4 aromatic carbocycles. The Bertz CT molecular complexity index is 1280. The van der Waals surface area contributed by atoms with Crippen LogP contribution in [0.4, 0.5) is 0 Å². The molecule has 0 saturated carbocycles. The highest BCUT2D eigenvalue weighted by atomic mass is 16.5. The number of ether oxygens (including phenoxy) is 2. The Morgan fingerprint density at radius 2 is 1.58 bits per heavy atom. The summed E-state index contributed by atoms with van der Waals surface area (Å²) in [5.41, 5.74) is 0.622. The minimum atomic E-state index is -0.117. The van der Waals surface area contributed by atoms with Crippen LogP contribution in [-0.2, 0) is 0 Å². The summed E-state index contributed by atoms with van der Waals surface area (Å²) in [7, 11) is 3.07. The SMILES string of the molecule is CC(=O)c1ccc2ccccc2c1O.COc1cc(OC)c2ccc(C=O)c(O)c2c1. The number of hydrogen-bond acceptors (Lipinski definition) is 6. The van der Waals surface area contributed by atoms with E-state index in [1.165, 1.54) is 14.0 Å². The summed E-state index contributed by atoms with van der Waals surface area (Å²) in [4.78, 5) is 21.9. The van der Waals surface area contributed by atoms with E-state index in [0.717, 1.165) is 16.2 Å². The number of benzene rings is 4. The molecular formula is C25H22O6. The first-order valence-electron chi connectivity index (χ1n) is 9.45. The lowest BCUT2D eigenvalue weighted by Crippen LogP contribution is -1.92. The van der Waals surface area contributed by atoms with E-state index in [2.05, 4.69) is 0 Å². The van der Waals surface area contributed by atoms with Crippen molar-refractivity contribution >= 4 is 33.6 Å². The van der Waals surface area contributed by atoms with Crippen LogP contribution in [0.2, 0.25) is 0 Å². The van der Waals surface area contributed by atoms with Gasteiger partial charge >= 0.3 is 0 Å². The summed E-state index contributed by atoms with van der Waals surface area (Å²) in [5.74, 6) is 1.05. The number of carbonyl (C=O) groups is 2. The van der Waals surface area contributed by atoms with Crippen LogP contribution in [0.25, 0.3) is 21.5 Å². The van der Waals surface area contributed by atoms with Crippen LogP contribution in [0.1, 0.15) is 27.6 Å². The second-order valence-electron chi connectivity index (χ2n) is 6.79. The molecule has 31 heavy (non-hydrogen) atoms. The summed E-state index contributed by atoms with van der Waals surface area (Å²) in [6.45, 7) is 1.45. The largest absolute Gasteiger partial charge is 0.507 e. The number of phenolic OH excluding ortho intramolecular Hbond substituents is 2. The molecule has 6 heteroatoms. The molecule has 158 valence electrons. The summed E-state index contributed by atoms with van der Waals surface area (Å²) < 4.78 is 10.3. The molecule has 0 radical (unpaired) electrons. The summed E-state index contributed by atoms with van der Waals surface area (Å²) in [6.07, 6.45) is 0.612. The topological polar surface area (TPSA) is 93.1 Å². The van der Waals surface area contributed by atoms with E-state index in [1.54, 1.807) is 43.5 Å². The van der Waals surface area contributed by atoms with E-state index in [-0.39, 0.29) is 22.8 Å². The third-order valence-corrected chi connectivity index (χ3v) is 4.94. The molecule has 0 atom stereocenters. The molecule has 0 amide bonds. The molecule has 4 aromatic rings. The van der Waals surface area contributed by atoms with Crippen molar-refractivity contribution in [2.24, 2.45) is 0 Å². The molecule has 4 rings (SSSR count). The third kappa shape index (κ3) is 4.28. The zero-order valence-corrected chi connectivity index (χ0v) is 17.4. The molecule has 0 heterocycles. The van der Waals surface area contributed by atoms with Crippen molar-refractivity contribution in [3.63, 3.8) is 0 Å². The van der Waals surface area contributed by atoms with E-state index >= 15 is 0 Å². The van der Waals surface area contributed by atoms with Gasteiger partial charge < -0.3 is 19.7 Å². The average molecular weight is 418 g/mol. The van der Waals surface area contributed by atoms with Crippen molar-refractivity contribution in [1.29, 1.82) is 0 Å². The first-order valence-corrected chi connectivity index (χ1v) is 9.45. The van der Waals surface area contributed by atoms with Gasteiger partial charge in [0.1, 0.15) is 23.0 Å². The second-order valence-corrected chi connectivity index (χ2v) is 6.79. The molecular weight excluding hydrogens is 396 g/mol. The van der Waals surface area contributed by atoms with Crippen molar-refractivity contribution in [3.05, 3.63) is 71.8 Å². The van der Waals surface area contributed by atoms with Crippen LogP contribution in [0.3, 0.4) is 0 Å². The fourth-order valence-corrected chi connectivity index (χ4v) is 3.30. The monoisotopic (exact) mass is 418 g/mol. The van der Waals surface area contributed by atoms with Gasteiger partial charge in [-0.3, -0.25) is 9.59 Å². The number of carbonyl (C=O) groups excluding carboxylic acids is 2. The Morgan fingerprint density at radius 1 is 0.839 bits per heavy atom. The first kappa shape index (κ1) is 21.6. The maximum atomic E-state index is 11.1. The van der Waals surface area contributed by atoms with Crippen molar-refractivity contribution in [3.8, 4) is 23.0 Å². The highest BCUT2D eigenvalue weighted by Gasteiger charge is 2.11. The van der Waals surface area contributed by atoms with Gasteiger partial charge in [0.15, 0.2) is 12.1 Å². The number of aldehydes is 1. The van der Waals surface area contributed by atoms with Gasteiger partial charge in [0.05, 0.1) is 25.3 Å². The van der Waals surface area contributed by atoms with E-state index in [1.807, 2.05) is 24.3 Å². The maximum absolute atomic E-state index is 11.1. The third-order valence-electron chi connectivity index (χ3n) is 4.94. The Morgan fingerprint density at radius 3 is 2.23 bits per heavy atom. The van der Waals surface area contributed by atoms with Crippen LogP contribution < -0.4 is 9.47 Å². The van der Waals surface area contributed by atoms with Crippen molar-refractivity contribution in [2.75, 3.05) is 14.2 Å². The lowest BCUT2D eigenvalue weighted by atomic mass is 10.0. The van der Waals surface area contributed by atoms with Gasteiger partial charge in [-0.2, -0.15) is 0 Å². The molecule has 0 aliphatic rings. The molecule has 2 N–H and O–H groups in total. The number of phenols is 2. The van der Waals surface area contributed by atoms with Crippen molar-refractivity contribution in [1.82, 2.24) is 0 Å². The number of fused-ring (bicyclic) bond motifs is 2. The van der Waals surface area contributed by atoms with Crippen molar-refractivity contribution in [2.45, 2.75) is 6.92 Å². The van der Waals surface area contributed by atoms with Gasteiger partial charge in [0, 0.05) is 22.2 Å². The van der Waals surface area contributed by atoms with Crippen LogP contribution in [0.5, 0.6) is 23.0 Å². The lowest BCUT2D eigenvalue weighted by Gasteiger charge is -2.10.